The molecule has 164 valence electrons. The van der Waals surface area contributed by atoms with Crippen molar-refractivity contribution in [1.82, 2.24) is 20.1 Å². The molecule has 1 aliphatic heterocycles. The van der Waals surface area contributed by atoms with Crippen LogP contribution in [0.3, 0.4) is 0 Å². The van der Waals surface area contributed by atoms with Gasteiger partial charge in [-0.15, -0.1) is 0 Å². The number of rotatable bonds is 9. The second-order valence-corrected chi connectivity index (χ2v) is 7.81. The summed E-state index contributed by atoms with van der Waals surface area (Å²) in [5.74, 6) is 0.924. The molecule has 1 amide bonds. The van der Waals surface area contributed by atoms with E-state index in [2.05, 4.69) is 20.1 Å². The van der Waals surface area contributed by atoms with Crippen molar-refractivity contribution >= 4 is 5.91 Å². The summed E-state index contributed by atoms with van der Waals surface area (Å²) in [6, 6.07) is 13.6. The number of piperazine rings is 1. The number of carbonyl (C=O) groups is 1. The maximum Gasteiger partial charge on any atom is 0.273 e. The molecule has 0 saturated carbocycles. The van der Waals surface area contributed by atoms with Crippen LogP contribution in [0.4, 0.5) is 0 Å². The Balaban J connectivity index is 1.18. The molecule has 4 rings (SSSR count). The van der Waals surface area contributed by atoms with Gasteiger partial charge in [-0.25, -0.2) is 4.98 Å². The highest BCUT2D eigenvalue weighted by Crippen LogP contribution is 2.11. The number of aromatic nitrogens is 1. The van der Waals surface area contributed by atoms with Gasteiger partial charge in [0.25, 0.3) is 5.91 Å². The van der Waals surface area contributed by atoms with Crippen LogP contribution in [0.1, 0.15) is 27.7 Å². The standard InChI is InChI=1S/C23H28N4O4/c28-19(13-18-5-2-1-3-6-18)15-26-8-10-27(11-9-26)16-22-25-21(17-31-22)23(29)24-14-20-7-4-12-30-20/h1-7,12,17,19,28H,8-11,13-16H2,(H,24,29). The van der Waals surface area contributed by atoms with Crippen LogP contribution in [-0.4, -0.2) is 64.6 Å². The summed E-state index contributed by atoms with van der Waals surface area (Å²) in [6.45, 7) is 5.02. The lowest BCUT2D eigenvalue weighted by Gasteiger charge is -2.35. The molecule has 3 aromatic rings. The number of oxazole rings is 1. The molecule has 1 aliphatic rings. The van der Waals surface area contributed by atoms with E-state index in [1.165, 1.54) is 6.26 Å². The van der Waals surface area contributed by atoms with Crippen LogP contribution in [0, 0.1) is 0 Å². The first-order valence-electron chi connectivity index (χ1n) is 10.6. The first kappa shape index (κ1) is 21.3. The van der Waals surface area contributed by atoms with Gasteiger partial charge in [0.2, 0.25) is 5.89 Å². The van der Waals surface area contributed by atoms with Crippen LogP contribution in [0.2, 0.25) is 0 Å². The zero-order valence-electron chi connectivity index (χ0n) is 17.4. The highest BCUT2D eigenvalue weighted by atomic mass is 16.3. The maximum absolute atomic E-state index is 12.2. The number of nitrogens with zero attached hydrogens (tertiary/aromatic N) is 3. The molecule has 1 atom stereocenters. The van der Waals surface area contributed by atoms with E-state index >= 15 is 0 Å². The SMILES string of the molecule is O=C(NCc1ccco1)c1coc(CN2CCN(CC(O)Cc3ccccc3)CC2)n1. The number of nitrogens with one attached hydrogen (secondary N) is 1. The van der Waals surface area contributed by atoms with Gasteiger partial charge in [0.15, 0.2) is 5.69 Å². The van der Waals surface area contributed by atoms with Crippen LogP contribution in [0.15, 0.2) is 63.8 Å². The van der Waals surface area contributed by atoms with E-state index < -0.39 is 0 Å². The molecule has 2 N–H and O–H groups in total. The predicted molar refractivity (Wildman–Crippen MR) is 114 cm³/mol. The topological polar surface area (TPSA) is 95.0 Å². The molecule has 0 spiro atoms. The van der Waals surface area contributed by atoms with Crippen molar-refractivity contribution in [2.45, 2.75) is 25.6 Å². The van der Waals surface area contributed by atoms with Gasteiger partial charge in [0.05, 0.1) is 25.5 Å². The fourth-order valence-corrected chi connectivity index (χ4v) is 3.73. The van der Waals surface area contributed by atoms with Crippen molar-refractivity contribution in [1.29, 1.82) is 0 Å². The Morgan fingerprint density at radius 2 is 1.84 bits per heavy atom. The number of hydrogen-bond donors (Lipinski definition) is 2. The van der Waals surface area contributed by atoms with E-state index in [9.17, 15) is 9.90 Å². The summed E-state index contributed by atoms with van der Waals surface area (Å²) in [7, 11) is 0. The predicted octanol–water partition coefficient (Wildman–Crippen LogP) is 1.92. The third-order valence-corrected chi connectivity index (χ3v) is 5.39. The Labute approximate surface area is 181 Å². The monoisotopic (exact) mass is 424 g/mol. The maximum atomic E-state index is 12.2. The van der Waals surface area contributed by atoms with Gasteiger partial charge >= 0.3 is 0 Å². The Bertz CT molecular complexity index is 934. The van der Waals surface area contributed by atoms with Gasteiger partial charge in [-0.2, -0.15) is 0 Å². The van der Waals surface area contributed by atoms with Gasteiger partial charge in [0.1, 0.15) is 12.0 Å². The number of carbonyl (C=O) groups excluding carboxylic acids is 1. The number of β-amino-alcohol motifs (C(OH)–C–C–N with tert-alkyl or cyclic N) is 1. The number of furan rings is 1. The molecular formula is C23H28N4O4. The number of aliphatic hydroxyl groups excluding tert-OH is 1. The summed E-state index contributed by atoms with van der Waals surface area (Å²) in [5, 5.41) is 13.2. The Morgan fingerprint density at radius 3 is 2.58 bits per heavy atom. The number of aliphatic hydroxyl groups is 1. The Hall–Kier alpha value is -2.94. The van der Waals surface area contributed by atoms with Crippen molar-refractivity contribution in [3.8, 4) is 0 Å². The third kappa shape index (κ3) is 6.27. The third-order valence-electron chi connectivity index (χ3n) is 5.39. The molecule has 31 heavy (non-hydrogen) atoms. The second-order valence-electron chi connectivity index (χ2n) is 7.81. The second kappa shape index (κ2) is 10.4. The van der Waals surface area contributed by atoms with Crippen molar-refractivity contribution < 1.29 is 18.7 Å². The molecule has 0 radical (unpaired) electrons. The lowest BCUT2D eigenvalue weighted by atomic mass is 10.1. The zero-order chi connectivity index (χ0) is 21.5. The van der Waals surface area contributed by atoms with Crippen LogP contribution < -0.4 is 5.32 Å². The summed E-state index contributed by atoms with van der Waals surface area (Å²) >= 11 is 0. The molecule has 3 heterocycles. The van der Waals surface area contributed by atoms with Gasteiger partial charge in [0, 0.05) is 32.7 Å². The molecule has 8 heteroatoms. The van der Waals surface area contributed by atoms with E-state index in [0.717, 1.165) is 31.7 Å². The molecule has 0 aliphatic carbocycles. The minimum atomic E-state index is -0.372. The quantitative estimate of drug-likeness (QED) is 0.542. The summed E-state index contributed by atoms with van der Waals surface area (Å²) in [6.07, 6.45) is 3.26. The fraction of sp³-hybridized carbons (Fsp3) is 0.391. The average molecular weight is 425 g/mol. The number of hydrogen-bond acceptors (Lipinski definition) is 7. The van der Waals surface area contributed by atoms with Crippen molar-refractivity contribution in [2.24, 2.45) is 0 Å². The lowest BCUT2D eigenvalue weighted by Crippen LogP contribution is -2.48. The smallest absolute Gasteiger partial charge is 0.273 e. The highest BCUT2D eigenvalue weighted by Gasteiger charge is 2.21. The van der Waals surface area contributed by atoms with E-state index in [-0.39, 0.29) is 17.7 Å². The van der Waals surface area contributed by atoms with Crippen LogP contribution in [-0.2, 0) is 19.5 Å². The molecule has 0 bridgehead atoms. The van der Waals surface area contributed by atoms with Crippen molar-refractivity contribution in [3.63, 3.8) is 0 Å². The summed E-state index contributed by atoms with van der Waals surface area (Å²) < 4.78 is 10.7. The molecule has 1 fully saturated rings. The van der Waals surface area contributed by atoms with E-state index in [0.29, 0.717) is 37.7 Å². The largest absolute Gasteiger partial charge is 0.467 e. The minimum Gasteiger partial charge on any atom is -0.467 e. The molecular weight excluding hydrogens is 396 g/mol. The lowest BCUT2D eigenvalue weighted by molar-refractivity contribution is 0.0675. The number of amides is 1. The molecule has 1 aromatic carbocycles. The van der Waals surface area contributed by atoms with Crippen molar-refractivity contribution in [3.05, 3.63) is 77.9 Å². The van der Waals surface area contributed by atoms with E-state index in [1.807, 2.05) is 30.3 Å². The van der Waals surface area contributed by atoms with E-state index in [1.54, 1.807) is 18.4 Å². The van der Waals surface area contributed by atoms with Gasteiger partial charge in [-0.1, -0.05) is 30.3 Å². The Kier molecular flexibility index (Phi) is 7.14. The first-order valence-corrected chi connectivity index (χ1v) is 10.6. The zero-order valence-corrected chi connectivity index (χ0v) is 17.4. The van der Waals surface area contributed by atoms with Crippen LogP contribution >= 0.6 is 0 Å². The normalized spacial score (nSPS) is 16.3. The molecule has 1 unspecified atom stereocenters. The molecule has 1 saturated heterocycles. The average Bonchev–Trinajstić information content (AvgIpc) is 3.46. The minimum absolute atomic E-state index is 0.268. The molecule has 2 aromatic heterocycles. The highest BCUT2D eigenvalue weighted by molar-refractivity contribution is 5.91. The van der Waals surface area contributed by atoms with Crippen LogP contribution in [0.25, 0.3) is 0 Å². The first-order chi connectivity index (χ1) is 15.2. The molecule has 8 nitrogen and oxygen atoms in total. The Morgan fingerprint density at radius 1 is 1.06 bits per heavy atom. The number of benzene rings is 1. The van der Waals surface area contributed by atoms with Gasteiger partial charge < -0.3 is 19.3 Å². The fourth-order valence-electron chi connectivity index (χ4n) is 3.73. The van der Waals surface area contributed by atoms with Gasteiger partial charge in [-0.05, 0) is 24.1 Å². The van der Waals surface area contributed by atoms with Crippen LogP contribution in [0.5, 0.6) is 0 Å². The summed E-state index contributed by atoms with van der Waals surface area (Å²) in [4.78, 5) is 21.0. The van der Waals surface area contributed by atoms with Gasteiger partial charge in [-0.3, -0.25) is 14.6 Å². The summed E-state index contributed by atoms with van der Waals surface area (Å²) in [5.41, 5.74) is 1.42. The van der Waals surface area contributed by atoms with Crippen molar-refractivity contribution in [2.75, 3.05) is 32.7 Å². The van der Waals surface area contributed by atoms with E-state index in [4.69, 9.17) is 8.83 Å².